The number of anilines is 1. The summed E-state index contributed by atoms with van der Waals surface area (Å²) in [5.41, 5.74) is 6.17. The van der Waals surface area contributed by atoms with Crippen LogP contribution in [-0.4, -0.2) is 45.3 Å². The highest BCUT2D eigenvalue weighted by atomic mass is 32.2. The largest absolute Gasteiger partial charge is 0.369 e. The van der Waals surface area contributed by atoms with Gasteiger partial charge < -0.3 is 10.6 Å². The van der Waals surface area contributed by atoms with Gasteiger partial charge >= 0.3 is 0 Å². The van der Waals surface area contributed by atoms with Crippen LogP contribution in [0.2, 0.25) is 0 Å². The smallest absolute Gasteiger partial charge is 0.264 e. The second kappa shape index (κ2) is 8.02. The predicted octanol–water partition coefficient (Wildman–Crippen LogP) is 1.85. The van der Waals surface area contributed by atoms with Gasteiger partial charge in [-0.2, -0.15) is 0 Å². The van der Waals surface area contributed by atoms with Crippen LogP contribution >= 0.6 is 0 Å². The van der Waals surface area contributed by atoms with E-state index in [2.05, 4.69) is 0 Å². The van der Waals surface area contributed by atoms with Crippen molar-refractivity contribution in [3.63, 3.8) is 0 Å². The average molecular weight is 401 g/mol. The van der Waals surface area contributed by atoms with Gasteiger partial charge in [0.15, 0.2) is 0 Å². The minimum Gasteiger partial charge on any atom is -0.369 e. The summed E-state index contributed by atoms with van der Waals surface area (Å²) in [6, 6.07) is 14.7. The molecule has 1 heterocycles. The van der Waals surface area contributed by atoms with E-state index in [9.17, 15) is 18.0 Å². The molecule has 1 atom stereocenters. The molecule has 7 nitrogen and oxygen atoms in total. The topological polar surface area (TPSA) is 101 Å². The Labute approximate surface area is 164 Å². The molecule has 2 amide bonds. The third-order valence-corrected chi connectivity index (χ3v) is 6.75. The third-order valence-electron chi connectivity index (χ3n) is 4.97. The molecule has 2 N–H and O–H groups in total. The Morgan fingerprint density at radius 2 is 1.82 bits per heavy atom. The molecule has 0 saturated carbocycles. The Kier molecular flexibility index (Phi) is 5.69. The molecule has 1 saturated heterocycles. The maximum atomic E-state index is 13.0. The number of nitrogens with two attached hydrogens (primary N) is 1. The van der Waals surface area contributed by atoms with Crippen LogP contribution in [0.15, 0.2) is 59.5 Å². The van der Waals surface area contributed by atoms with Gasteiger partial charge in [0, 0.05) is 25.7 Å². The zero-order chi connectivity index (χ0) is 20.3. The fraction of sp³-hybridized carbons (Fsp3) is 0.300. The molecular formula is C20H23N3O4S. The van der Waals surface area contributed by atoms with E-state index >= 15 is 0 Å². The number of rotatable bonds is 5. The minimum absolute atomic E-state index is 0.0353. The van der Waals surface area contributed by atoms with E-state index < -0.39 is 15.9 Å². The molecule has 1 unspecified atom stereocenters. The van der Waals surface area contributed by atoms with Crippen molar-refractivity contribution in [1.29, 1.82) is 0 Å². The van der Waals surface area contributed by atoms with E-state index in [4.69, 9.17) is 5.73 Å². The van der Waals surface area contributed by atoms with Crippen LogP contribution in [0.5, 0.6) is 0 Å². The first-order valence-electron chi connectivity index (χ1n) is 9.03. The van der Waals surface area contributed by atoms with Crippen molar-refractivity contribution in [3.8, 4) is 0 Å². The molecule has 8 heteroatoms. The van der Waals surface area contributed by atoms with Gasteiger partial charge in [-0.25, -0.2) is 8.42 Å². The summed E-state index contributed by atoms with van der Waals surface area (Å²) in [5.74, 6) is -1.09. The summed E-state index contributed by atoms with van der Waals surface area (Å²) in [5, 5.41) is 0. The lowest BCUT2D eigenvalue weighted by Gasteiger charge is -2.31. The molecule has 28 heavy (non-hydrogen) atoms. The first-order valence-corrected chi connectivity index (χ1v) is 10.5. The van der Waals surface area contributed by atoms with Gasteiger partial charge in [0.25, 0.3) is 15.9 Å². The molecule has 2 aromatic carbocycles. The molecular weight excluding hydrogens is 378 g/mol. The monoisotopic (exact) mass is 401 g/mol. The lowest BCUT2D eigenvalue weighted by Crippen LogP contribution is -2.44. The average Bonchev–Trinajstić information content (AvgIpc) is 2.73. The number of para-hydroxylation sites is 1. The van der Waals surface area contributed by atoms with Crippen LogP contribution in [-0.2, 0) is 14.8 Å². The Balaban J connectivity index is 1.85. The van der Waals surface area contributed by atoms with Crippen LogP contribution in [0.1, 0.15) is 23.2 Å². The Morgan fingerprint density at radius 1 is 1.11 bits per heavy atom. The first kappa shape index (κ1) is 19.9. The number of benzene rings is 2. The molecule has 0 radical (unpaired) electrons. The predicted molar refractivity (Wildman–Crippen MR) is 106 cm³/mol. The van der Waals surface area contributed by atoms with Crippen LogP contribution < -0.4 is 10.0 Å². The van der Waals surface area contributed by atoms with Crippen molar-refractivity contribution in [1.82, 2.24) is 4.90 Å². The fourth-order valence-corrected chi connectivity index (χ4v) is 4.54. The molecule has 1 fully saturated rings. The molecule has 0 bridgehead atoms. The molecule has 0 aromatic heterocycles. The van der Waals surface area contributed by atoms with Crippen LogP contribution in [0.3, 0.4) is 0 Å². The van der Waals surface area contributed by atoms with Crippen LogP contribution in [0.4, 0.5) is 5.69 Å². The van der Waals surface area contributed by atoms with Gasteiger partial charge in [-0.3, -0.25) is 13.9 Å². The molecule has 148 valence electrons. The highest BCUT2D eigenvalue weighted by molar-refractivity contribution is 7.92. The number of carbonyl (C=O) groups excluding carboxylic acids is 2. The number of nitrogens with zero attached hydrogens (tertiary/aromatic N) is 2. The van der Waals surface area contributed by atoms with Gasteiger partial charge in [-0.1, -0.05) is 24.3 Å². The van der Waals surface area contributed by atoms with Crippen molar-refractivity contribution >= 4 is 27.5 Å². The van der Waals surface area contributed by atoms with Crippen molar-refractivity contribution < 1.29 is 18.0 Å². The number of piperidine rings is 1. The summed E-state index contributed by atoms with van der Waals surface area (Å²) in [6.07, 6.45) is 1.35. The highest BCUT2D eigenvalue weighted by Crippen LogP contribution is 2.24. The second-order valence-corrected chi connectivity index (χ2v) is 8.80. The maximum absolute atomic E-state index is 13.0. The van der Waals surface area contributed by atoms with E-state index in [0.717, 1.165) is 0 Å². The summed E-state index contributed by atoms with van der Waals surface area (Å²) in [6.45, 7) is 0.776. The van der Waals surface area contributed by atoms with Gasteiger partial charge in [0.05, 0.1) is 16.5 Å². The number of carbonyl (C=O) groups is 2. The van der Waals surface area contributed by atoms with E-state index in [1.807, 2.05) is 0 Å². The SMILES string of the molecule is CN(c1ccccc1)S(=O)(=O)c1cccc(C(=O)N2CCCC(C(N)=O)C2)c1. The van der Waals surface area contributed by atoms with E-state index in [0.29, 0.717) is 25.1 Å². The third kappa shape index (κ3) is 4.01. The minimum atomic E-state index is -3.81. The van der Waals surface area contributed by atoms with Crippen molar-refractivity contribution in [2.45, 2.75) is 17.7 Å². The maximum Gasteiger partial charge on any atom is 0.264 e. The highest BCUT2D eigenvalue weighted by Gasteiger charge is 2.28. The summed E-state index contributed by atoms with van der Waals surface area (Å²) in [7, 11) is -2.34. The quantitative estimate of drug-likeness (QED) is 0.826. The summed E-state index contributed by atoms with van der Waals surface area (Å²) >= 11 is 0. The number of amides is 2. The Hall–Kier alpha value is -2.87. The number of sulfonamides is 1. The zero-order valence-corrected chi connectivity index (χ0v) is 16.4. The van der Waals surface area contributed by atoms with E-state index in [1.165, 1.54) is 23.5 Å². The van der Waals surface area contributed by atoms with E-state index in [-0.39, 0.29) is 28.8 Å². The molecule has 2 aromatic rings. The lowest BCUT2D eigenvalue weighted by atomic mass is 9.97. The summed E-state index contributed by atoms with van der Waals surface area (Å²) in [4.78, 5) is 25.9. The Morgan fingerprint density at radius 3 is 2.50 bits per heavy atom. The normalized spacial score (nSPS) is 17.2. The standard InChI is InChI=1S/C20H23N3O4S/c1-22(17-9-3-2-4-10-17)28(26,27)18-11-5-7-15(13-18)20(25)23-12-6-8-16(14-23)19(21)24/h2-5,7,9-11,13,16H,6,8,12,14H2,1H3,(H2,21,24). The van der Waals surface area contributed by atoms with E-state index in [1.54, 1.807) is 47.4 Å². The van der Waals surface area contributed by atoms with Gasteiger partial charge in [0.2, 0.25) is 5.91 Å². The number of primary amides is 1. The zero-order valence-electron chi connectivity index (χ0n) is 15.6. The number of likely N-dealkylation sites (tertiary alicyclic amines) is 1. The van der Waals surface area contributed by atoms with Crippen molar-refractivity contribution in [2.24, 2.45) is 11.7 Å². The van der Waals surface area contributed by atoms with Crippen molar-refractivity contribution in [3.05, 3.63) is 60.2 Å². The molecule has 0 aliphatic carbocycles. The summed E-state index contributed by atoms with van der Waals surface area (Å²) < 4.78 is 27.1. The van der Waals surface area contributed by atoms with Crippen LogP contribution in [0.25, 0.3) is 0 Å². The number of hydrogen-bond acceptors (Lipinski definition) is 4. The molecule has 1 aliphatic rings. The van der Waals surface area contributed by atoms with Crippen molar-refractivity contribution in [2.75, 3.05) is 24.4 Å². The lowest BCUT2D eigenvalue weighted by molar-refractivity contribution is -0.123. The fourth-order valence-electron chi connectivity index (χ4n) is 3.30. The second-order valence-electron chi connectivity index (χ2n) is 6.83. The van der Waals surface area contributed by atoms with Gasteiger partial charge in [-0.15, -0.1) is 0 Å². The van der Waals surface area contributed by atoms with Gasteiger partial charge in [-0.05, 0) is 43.2 Å². The molecule has 1 aliphatic heterocycles. The van der Waals surface area contributed by atoms with Gasteiger partial charge in [0.1, 0.15) is 0 Å². The molecule has 3 rings (SSSR count). The first-order chi connectivity index (χ1) is 13.3. The number of hydrogen-bond donors (Lipinski definition) is 1. The van der Waals surface area contributed by atoms with Crippen LogP contribution in [0, 0.1) is 5.92 Å². The Bertz CT molecular complexity index is 976. The molecule has 0 spiro atoms.